The number of hydrogen-bond acceptors (Lipinski definition) is 4. The van der Waals surface area contributed by atoms with Crippen LogP contribution in [-0.2, 0) is 6.54 Å². The van der Waals surface area contributed by atoms with E-state index in [0.29, 0.717) is 0 Å². The molecule has 6 heteroatoms. The van der Waals surface area contributed by atoms with Crippen LogP contribution in [0.25, 0.3) is 10.8 Å². The van der Waals surface area contributed by atoms with Gasteiger partial charge in [0.25, 0.3) is 0 Å². The molecule has 1 aromatic carbocycles. The molecule has 0 aliphatic carbocycles. The number of benzene rings is 1. The number of piperidine rings is 1. The molecule has 1 fully saturated rings. The van der Waals surface area contributed by atoms with Gasteiger partial charge in [0.05, 0.1) is 6.20 Å². The average Bonchev–Trinajstić information content (AvgIpc) is 3.13. The van der Waals surface area contributed by atoms with Crippen LogP contribution in [0, 0.1) is 0 Å². The number of aromatic carboxylic acids is 1. The highest BCUT2D eigenvalue weighted by Crippen LogP contribution is 2.30. The number of aromatic amines is 1. The summed E-state index contributed by atoms with van der Waals surface area (Å²) in [4.78, 5) is 18.0. The lowest BCUT2D eigenvalue weighted by atomic mass is 9.89. The molecule has 0 radical (unpaired) electrons. The third-order valence-corrected chi connectivity index (χ3v) is 5.05. The zero-order valence-electron chi connectivity index (χ0n) is 13.9. The maximum absolute atomic E-state index is 11.3. The van der Waals surface area contributed by atoms with Crippen molar-refractivity contribution in [2.24, 2.45) is 0 Å². The van der Waals surface area contributed by atoms with Crippen molar-refractivity contribution in [3.8, 4) is 0 Å². The zero-order valence-corrected chi connectivity index (χ0v) is 13.9. The summed E-state index contributed by atoms with van der Waals surface area (Å²) in [7, 11) is 0. The molecule has 0 spiro atoms. The van der Waals surface area contributed by atoms with Gasteiger partial charge in [-0.15, -0.1) is 0 Å². The van der Waals surface area contributed by atoms with E-state index in [1.165, 1.54) is 16.3 Å². The summed E-state index contributed by atoms with van der Waals surface area (Å²) in [6.45, 7) is 2.76. The van der Waals surface area contributed by atoms with Gasteiger partial charge in [0, 0.05) is 29.9 Å². The van der Waals surface area contributed by atoms with Crippen LogP contribution in [0.15, 0.2) is 42.9 Å². The van der Waals surface area contributed by atoms with Crippen LogP contribution >= 0.6 is 0 Å². The van der Waals surface area contributed by atoms with E-state index in [1.54, 1.807) is 6.20 Å². The fourth-order valence-corrected chi connectivity index (χ4v) is 3.72. The average molecular weight is 336 g/mol. The van der Waals surface area contributed by atoms with E-state index < -0.39 is 5.97 Å². The SMILES string of the molecule is O=C(O)c1[nH]ncc1C1CCN(Cc2cncc3ccccc23)CC1. The molecule has 1 aliphatic heterocycles. The van der Waals surface area contributed by atoms with Gasteiger partial charge < -0.3 is 5.11 Å². The molecule has 0 saturated carbocycles. The first kappa shape index (κ1) is 15.8. The number of rotatable bonds is 4. The highest BCUT2D eigenvalue weighted by molar-refractivity contribution is 5.87. The summed E-state index contributed by atoms with van der Waals surface area (Å²) >= 11 is 0. The van der Waals surface area contributed by atoms with Gasteiger partial charge in [0.1, 0.15) is 5.69 Å². The van der Waals surface area contributed by atoms with Gasteiger partial charge in [0.15, 0.2) is 0 Å². The molecule has 0 atom stereocenters. The van der Waals surface area contributed by atoms with Crippen LogP contribution in [0.2, 0.25) is 0 Å². The summed E-state index contributed by atoms with van der Waals surface area (Å²) in [6.07, 6.45) is 7.40. The Hall–Kier alpha value is -2.73. The number of H-pyrrole nitrogens is 1. The molecule has 2 aromatic heterocycles. The second-order valence-electron chi connectivity index (χ2n) is 6.58. The number of aromatic nitrogens is 3. The van der Waals surface area contributed by atoms with Gasteiger partial charge in [-0.1, -0.05) is 24.3 Å². The largest absolute Gasteiger partial charge is 0.477 e. The Kier molecular flexibility index (Phi) is 4.19. The monoisotopic (exact) mass is 336 g/mol. The molecule has 3 heterocycles. The summed E-state index contributed by atoms with van der Waals surface area (Å²) in [5.41, 5.74) is 2.31. The van der Waals surface area contributed by atoms with E-state index >= 15 is 0 Å². The highest BCUT2D eigenvalue weighted by Gasteiger charge is 2.26. The number of nitrogens with zero attached hydrogens (tertiary/aromatic N) is 3. The van der Waals surface area contributed by atoms with Crippen molar-refractivity contribution in [3.63, 3.8) is 0 Å². The Morgan fingerprint density at radius 1 is 1.20 bits per heavy atom. The fourth-order valence-electron chi connectivity index (χ4n) is 3.72. The first-order valence-corrected chi connectivity index (χ1v) is 8.53. The summed E-state index contributed by atoms with van der Waals surface area (Å²) in [5.74, 6) is -0.677. The Morgan fingerprint density at radius 2 is 2.00 bits per heavy atom. The molecule has 1 aliphatic rings. The highest BCUT2D eigenvalue weighted by atomic mass is 16.4. The number of nitrogens with one attached hydrogen (secondary N) is 1. The zero-order chi connectivity index (χ0) is 17.2. The van der Waals surface area contributed by atoms with Crippen LogP contribution in [0.4, 0.5) is 0 Å². The smallest absolute Gasteiger partial charge is 0.354 e. The maximum atomic E-state index is 11.3. The number of carboxylic acid groups (broad SMARTS) is 1. The molecule has 25 heavy (non-hydrogen) atoms. The van der Waals surface area contributed by atoms with Crippen LogP contribution in [0.5, 0.6) is 0 Å². The lowest BCUT2D eigenvalue weighted by molar-refractivity contribution is 0.0688. The third-order valence-electron chi connectivity index (χ3n) is 5.05. The van der Waals surface area contributed by atoms with E-state index in [2.05, 4.69) is 38.3 Å². The summed E-state index contributed by atoms with van der Waals surface area (Å²) in [6, 6.07) is 8.32. The van der Waals surface area contributed by atoms with Crippen molar-refractivity contribution in [1.29, 1.82) is 0 Å². The molecule has 1 saturated heterocycles. The Balaban J connectivity index is 1.45. The first-order chi connectivity index (χ1) is 12.2. The molecule has 6 nitrogen and oxygen atoms in total. The Labute approximate surface area is 145 Å². The van der Waals surface area contributed by atoms with Crippen molar-refractivity contribution < 1.29 is 9.90 Å². The first-order valence-electron chi connectivity index (χ1n) is 8.53. The number of likely N-dealkylation sites (tertiary alicyclic amines) is 1. The lowest BCUT2D eigenvalue weighted by Gasteiger charge is -2.32. The van der Waals surface area contributed by atoms with E-state index in [0.717, 1.165) is 38.0 Å². The standard InChI is InChI=1S/C19H20N4O2/c24-19(25)18-17(11-21-22-18)13-5-7-23(8-6-13)12-15-10-20-9-14-3-1-2-4-16(14)15/h1-4,9-11,13H,5-8,12H2,(H,21,22)(H,24,25). The molecular formula is C19H20N4O2. The van der Waals surface area contributed by atoms with Gasteiger partial charge >= 0.3 is 5.97 Å². The summed E-state index contributed by atoms with van der Waals surface area (Å²) in [5, 5.41) is 18.2. The molecule has 128 valence electrons. The van der Waals surface area contributed by atoms with Crippen molar-refractivity contribution >= 4 is 16.7 Å². The number of pyridine rings is 1. The second-order valence-corrected chi connectivity index (χ2v) is 6.58. The predicted octanol–water partition coefficient (Wildman–Crippen LogP) is 3.04. The van der Waals surface area contributed by atoms with Crippen molar-refractivity contribution in [1.82, 2.24) is 20.1 Å². The van der Waals surface area contributed by atoms with Gasteiger partial charge in [-0.25, -0.2) is 4.79 Å². The quantitative estimate of drug-likeness (QED) is 0.765. The molecule has 0 unspecified atom stereocenters. The molecule has 0 amide bonds. The van der Waals surface area contributed by atoms with Crippen LogP contribution in [0.3, 0.4) is 0 Å². The normalized spacial score (nSPS) is 16.3. The molecule has 0 bridgehead atoms. The minimum absolute atomic E-state index is 0.233. The van der Waals surface area contributed by atoms with E-state index in [9.17, 15) is 9.90 Å². The van der Waals surface area contributed by atoms with Gasteiger partial charge in [-0.2, -0.15) is 5.10 Å². The van der Waals surface area contributed by atoms with Crippen LogP contribution < -0.4 is 0 Å². The van der Waals surface area contributed by atoms with Gasteiger partial charge in [0.2, 0.25) is 0 Å². The van der Waals surface area contributed by atoms with Crippen LogP contribution in [0.1, 0.15) is 40.4 Å². The van der Waals surface area contributed by atoms with Crippen LogP contribution in [-0.4, -0.2) is 44.2 Å². The minimum atomic E-state index is -0.934. The Morgan fingerprint density at radius 3 is 2.80 bits per heavy atom. The fraction of sp³-hybridized carbons (Fsp3) is 0.316. The minimum Gasteiger partial charge on any atom is -0.477 e. The Bertz CT molecular complexity index is 892. The second kappa shape index (κ2) is 6.64. The number of fused-ring (bicyclic) bond motifs is 1. The van der Waals surface area contributed by atoms with Crippen molar-refractivity contribution in [2.45, 2.75) is 25.3 Å². The van der Waals surface area contributed by atoms with E-state index in [4.69, 9.17) is 0 Å². The molecular weight excluding hydrogens is 316 g/mol. The topological polar surface area (TPSA) is 82.1 Å². The lowest BCUT2D eigenvalue weighted by Crippen LogP contribution is -2.32. The van der Waals surface area contributed by atoms with Gasteiger partial charge in [-0.05, 0) is 42.8 Å². The predicted molar refractivity (Wildman–Crippen MR) is 94.5 cm³/mol. The molecule has 4 rings (SSSR count). The number of carboxylic acids is 1. The van der Waals surface area contributed by atoms with E-state index in [-0.39, 0.29) is 11.6 Å². The van der Waals surface area contributed by atoms with E-state index in [1.807, 2.05) is 18.5 Å². The maximum Gasteiger partial charge on any atom is 0.354 e. The number of hydrogen-bond donors (Lipinski definition) is 2. The van der Waals surface area contributed by atoms with Gasteiger partial charge in [-0.3, -0.25) is 15.0 Å². The number of carbonyl (C=O) groups is 1. The van der Waals surface area contributed by atoms with Crippen molar-refractivity contribution in [3.05, 3.63) is 59.7 Å². The molecule has 3 aromatic rings. The summed E-state index contributed by atoms with van der Waals surface area (Å²) < 4.78 is 0. The van der Waals surface area contributed by atoms with Crippen molar-refractivity contribution in [2.75, 3.05) is 13.1 Å². The molecule has 2 N–H and O–H groups in total. The third kappa shape index (κ3) is 3.13.